The molecule has 4 aliphatic carbocycles. The van der Waals surface area contributed by atoms with Crippen molar-refractivity contribution in [1.29, 1.82) is 0 Å². The van der Waals surface area contributed by atoms with Gasteiger partial charge in [-0.25, -0.2) is 0 Å². The topological polar surface area (TPSA) is 52.6 Å². The Morgan fingerprint density at radius 1 is 0.850 bits per heavy atom. The smallest absolute Gasteiger partial charge is 0.310 e. The van der Waals surface area contributed by atoms with E-state index in [2.05, 4.69) is 26.0 Å². The first-order chi connectivity index (χ1) is 9.52. The third-order valence-corrected chi connectivity index (χ3v) is 5.56. The van der Waals surface area contributed by atoms with Crippen LogP contribution in [0.5, 0.6) is 0 Å². The summed E-state index contributed by atoms with van der Waals surface area (Å²) in [4.78, 5) is 24.3. The predicted octanol–water partition coefficient (Wildman–Crippen LogP) is 1.96. The monoisotopic (exact) mass is 276 g/mol. The number of carbonyl (C=O) groups excluding carboxylic acids is 2. The van der Waals surface area contributed by atoms with Crippen molar-refractivity contribution >= 4 is 11.9 Å². The minimum absolute atomic E-state index is 0.0604. The van der Waals surface area contributed by atoms with Gasteiger partial charge in [0.05, 0.1) is 26.1 Å². The van der Waals surface area contributed by atoms with Gasteiger partial charge >= 0.3 is 11.9 Å². The molecule has 0 heterocycles. The lowest BCUT2D eigenvalue weighted by molar-refractivity contribution is -0.168. The van der Waals surface area contributed by atoms with Crippen LogP contribution in [-0.2, 0) is 19.1 Å². The van der Waals surface area contributed by atoms with E-state index < -0.39 is 11.8 Å². The lowest BCUT2D eigenvalue weighted by Gasteiger charge is -2.57. The fraction of sp³-hybridized carbons (Fsp3) is 0.625. The van der Waals surface area contributed by atoms with Crippen molar-refractivity contribution in [3.05, 3.63) is 23.3 Å². The van der Waals surface area contributed by atoms with Gasteiger partial charge in [-0.3, -0.25) is 9.59 Å². The molecule has 108 valence electrons. The van der Waals surface area contributed by atoms with E-state index in [4.69, 9.17) is 9.47 Å². The minimum Gasteiger partial charge on any atom is -0.469 e. The third kappa shape index (κ3) is 1.48. The van der Waals surface area contributed by atoms with E-state index in [9.17, 15) is 9.59 Å². The van der Waals surface area contributed by atoms with Crippen LogP contribution in [-0.4, -0.2) is 26.2 Å². The van der Waals surface area contributed by atoms with Crippen molar-refractivity contribution in [3.8, 4) is 0 Å². The molecular formula is C16H20O4. The molecule has 4 heteroatoms. The second kappa shape index (κ2) is 4.47. The molecule has 0 aromatic carbocycles. The van der Waals surface area contributed by atoms with Gasteiger partial charge in [-0.15, -0.1) is 0 Å². The lowest BCUT2D eigenvalue weighted by atomic mass is 9.45. The zero-order valence-corrected chi connectivity index (χ0v) is 12.3. The van der Waals surface area contributed by atoms with E-state index in [-0.39, 0.29) is 23.8 Å². The summed E-state index contributed by atoms with van der Waals surface area (Å²) in [7, 11) is 2.77. The van der Waals surface area contributed by atoms with Gasteiger partial charge in [0.2, 0.25) is 0 Å². The van der Waals surface area contributed by atoms with Gasteiger partial charge in [-0.1, -0.05) is 23.3 Å². The van der Waals surface area contributed by atoms with Crippen molar-refractivity contribution in [1.82, 2.24) is 0 Å². The van der Waals surface area contributed by atoms with Gasteiger partial charge in [0.1, 0.15) is 0 Å². The summed E-state index contributed by atoms with van der Waals surface area (Å²) >= 11 is 0. The van der Waals surface area contributed by atoms with Gasteiger partial charge < -0.3 is 9.47 Å². The van der Waals surface area contributed by atoms with Crippen LogP contribution in [0, 0.1) is 35.5 Å². The van der Waals surface area contributed by atoms with Crippen LogP contribution in [0.3, 0.4) is 0 Å². The summed E-state index contributed by atoms with van der Waals surface area (Å²) < 4.78 is 9.88. The number of methoxy groups -OCH3 is 2. The van der Waals surface area contributed by atoms with E-state index >= 15 is 0 Å². The Balaban J connectivity index is 2.04. The Labute approximate surface area is 118 Å². The highest BCUT2D eigenvalue weighted by Gasteiger charge is 2.61. The van der Waals surface area contributed by atoms with Crippen LogP contribution in [0.1, 0.15) is 13.8 Å². The summed E-state index contributed by atoms with van der Waals surface area (Å²) in [6.07, 6.45) is 4.20. The molecule has 4 aliphatic rings. The maximum atomic E-state index is 12.2. The van der Waals surface area contributed by atoms with Crippen LogP contribution < -0.4 is 0 Å². The van der Waals surface area contributed by atoms with E-state index in [1.54, 1.807) is 0 Å². The molecule has 0 N–H and O–H groups in total. The molecule has 1 fully saturated rings. The Morgan fingerprint density at radius 2 is 1.20 bits per heavy atom. The zero-order valence-electron chi connectivity index (χ0n) is 12.3. The van der Waals surface area contributed by atoms with Crippen LogP contribution >= 0.6 is 0 Å². The molecule has 0 saturated heterocycles. The quantitative estimate of drug-likeness (QED) is 0.571. The number of rotatable bonds is 2. The summed E-state index contributed by atoms with van der Waals surface area (Å²) in [6.45, 7) is 4.26. The highest BCUT2D eigenvalue weighted by molar-refractivity contribution is 5.84. The maximum absolute atomic E-state index is 12.2. The molecule has 0 spiro atoms. The number of fused-ring (bicyclic) bond motifs is 1. The predicted molar refractivity (Wildman–Crippen MR) is 72.5 cm³/mol. The Hall–Kier alpha value is -1.58. The van der Waals surface area contributed by atoms with E-state index in [0.717, 1.165) is 0 Å². The second-order valence-corrected chi connectivity index (χ2v) is 6.06. The van der Waals surface area contributed by atoms with Crippen molar-refractivity contribution < 1.29 is 19.1 Å². The third-order valence-electron chi connectivity index (χ3n) is 5.56. The first kappa shape index (κ1) is 13.4. The summed E-state index contributed by atoms with van der Waals surface area (Å²) in [6, 6.07) is 0. The Kier molecular flexibility index (Phi) is 3.00. The van der Waals surface area contributed by atoms with E-state index in [1.807, 2.05) is 0 Å². The van der Waals surface area contributed by atoms with Gasteiger partial charge in [0, 0.05) is 0 Å². The highest BCUT2D eigenvalue weighted by Crippen LogP contribution is 2.61. The van der Waals surface area contributed by atoms with Crippen LogP contribution in [0.15, 0.2) is 23.3 Å². The minimum atomic E-state index is -0.410. The molecule has 1 saturated carbocycles. The molecule has 4 rings (SSSR count). The van der Waals surface area contributed by atoms with Crippen LogP contribution in [0.25, 0.3) is 0 Å². The summed E-state index contributed by atoms with van der Waals surface area (Å²) in [5.41, 5.74) is 2.73. The molecule has 20 heavy (non-hydrogen) atoms. The SMILES string of the molecule is COC(=O)[C@@H]1[C@H]2C=C[C@H]([C@H]3C(C)=C(C)[C@@H]23)[C@@H]1C(=O)OC. The fourth-order valence-electron chi connectivity index (χ4n) is 4.57. The Bertz CT molecular complexity index is 485. The second-order valence-electron chi connectivity index (χ2n) is 6.06. The van der Waals surface area contributed by atoms with Crippen molar-refractivity contribution in [3.63, 3.8) is 0 Å². The largest absolute Gasteiger partial charge is 0.469 e. The van der Waals surface area contributed by atoms with Crippen molar-refractivity contribution in [2.45, 2.75) is 13.8 Å². The number of hydrogen-bond acceptors (Lipinski definition) is 4. The van der Waals surface area contributed by atoms with Gasteiger partial charge in [0.15, 0.2) is 0 Å². The standard InChI is InChI=1S/C16H20O4/c1-7-8(2)12-10-6-5-9(11(7)12)13(15(17)19-3)14(10)16(18)20-4/h5-6,9-14H,1-4H3/t9-,10+,11-,12+,13+,14-. The zero-order chi connectivity index (χ0) is 14.6. The first-order valence-electron chi connectivity index (χ1n) is 7.04. The molecular weight excluding hydrogens is 256 g/mol. The lowest BCUT2D eigenvalue weighted by Crippen LogP contribution is -2.57. The first-order valence-corrected chi connectivity index (χ1v) is 7.04. The van der Waals surface area contributed by atoms with Crippen molar-refractivity contribution in [2.24, 2.45) is 35.5 Å². The molecule has 2 bridgehead atoms. The normalized spacial score (nSPS) is 41.0. The molecule has 0 aromatic rings. The average Bonchev–Trinajstić information content (AvgIpc) is 2.50. The number of ether oxygens (including phenoxy) is 2. The summed E-state index contributed by atoms with van der Waals surface area (Å²) in [5.74, 6) is -0.523. The summed E-state index contributed by atoms with van der Waals surface area (Å²) in [5, 5.41) is 0. The van der Waals surface area contributed by atoms with E-state index in [1.165, 1.54) is 25.4 Å². The molecule has 0 aliphatic heterocycles. The number of hydrogen-bond donors (Lipinski definition) is 0. The van der Waals surface area contributed by atoms with Gasteiger partial charge in [0.25, 0.3) is 0 Å². The molecule has 0 radical (unpaired) electrons. The highest BCUT2D eigenvalue weighted by atomic mass is 16.5. The Morgan fingerprint density at radius 3 is 1.50 bits per heavy atom. The number of carbonyl (C=O) groups is 2. The molecule has 0 aromatic heterocycles. The molecule has 4 nitrogen and oxygen atoms in total. The average molecular weight is 276 g/mol. The van der Waals surface area contributed by atoms with Gasteiger partial charge in [-0.2, -0.15) is 0 Å². The van der Waals surface area contributed by atoms with Crippen LogP contribution in [0.2, 0.25) is 0 Å². The van der Waals surface area contributed by atoms with Crippen LogP contribution in [0.4, 0.5) is 0 Å². The molecule has 0 amide bonds. The number of esters is 2. The van der Waals surface area contributed by atoms with Crippen molar-refractivity contribution in [2.75, 3.05) is 14.2 Å². The number of allylic oxidation sites excluding steroid dienone is 4. The van der Waals surface area contributed by atoms with Gasteiger partial charge in [-0.05, 0) is 37.5 Å². The molecule has 0 unspecified atom stereocenters. The fourth-order valence-corrected chi connectivity index (χ4v) is 4.57. The molecule has 6 atom stereocenters. The van der Waals surface area contributed by atoms with E-state index in [0.29, 0.717) is 11.8 Å². The maximum Gasteiger partial charge on any atom is 0.310 e.